The van der Waals surface area contributed by atoms with Crippen LogP contribution >= 0.6 is 0 Å². The van der Waals surface area contributed by atoms with Crippen LogP contribution in [0.4, 0.5) is 5.69 Å². The third-order valence-electron chi connectivity index (χ3n) is 4.79. The van der Waals surface area contributed by atoms with Crippen LogP contribution in [-0.2, 0) is 0 Å². The van der Waals surface area contributed by atoms with Crippen molar-refractivity contribution in [2.24, 2.45) is 0 Å². The second-order valence-electron chi connectivity index (χ2n) is 6.89. The fourth-order valence-electron chi connectivity index (χ4n) is 3.52. The number of hydrogen-bond donors (Lipinski definition) is 1. The Kier molecular flexibility index (Phi) is 6.88. The predicted octanol–water partition coefficient (Wildman–Crippen LogP) is 2.43. The second kappa shape index (κ2) is 8.67. The van der Waals surface area contributed by atoms with Gasteiger partial charge < -0.3 is 15.1 Å². The van der Waals surface area contributed by atoms with Crippen LogP contribution in [0, 0.1) is 0 Å². The van der Waals surface area contributed by atoms with Crippen LogP contribution in [0.2, 0.25) is 0 Å². The van der Waals surface area contributed by atoms with Gasteiger partial charge in [-0.15, -0.1) is 0 Å². The summed E-state index contributed by atoms with van der Waals surface area (Å²) in [4.78, 5) is 7.33. The Morgan fingerprint density at radius 1 is 1.17 bits per heavy atom. The molecule has 1 aliphatic rings. The molecule has 2 atom stereocenters. The van der Waals surface area contributed by atoms with Gasteiger partial charge in [-0.25, -0.2) is 0 Å². The van der Waals surface area contributed by atoms with Gasteiger partial charge in [-0.1, -0.05) is 12.1 Å². The van der Waals surface area contributed by atoms with Crippen LogP contribution in [0.3, 0.4) is 0 Å². The molecule has 23 heavy (non-hydrogen) atoms. The minimum atomic E-state index is 0.473. The first-order valence-corrected chi connectivity index (χ1v) is 9.02. The molecule has 0 aromatic heterocycles. The van der Waals surface area contributed by atoms with E-state index < -0.39 is 0 Å². The number of benzene rings is 1. The van der Waals surface area contributed by atoms with E-state index in [0.717, 1.165) is 39.3 Å². The molecule has 1 aromatic carbocycles. The smallest absolute Gasteiger partial charge is 0.0476 e. The van der Waals surface area contributed by atoms with Gasteiger partial charge in [0.1, 0.15) is 0 Å². The highest BCUT2D eigenvalue weighted by Gasteiger charge is 2.25. The van der Waals surface area contributed by atoms with Crippen LogP contribution in [0.25, 0.3) is 0 Å². The molecular weight excluding hydrogens is 284 g/mol. The Morgan fingerprint density at radius 2 is 1.83 bits per heavy atom. The average molecular weight is 319 g/mol. The molecule has 0 spiro atoms. The molecular formula is C19H34N4. The van der Waals surface area contributed by atoms with E-state index in [2.05, 4.69) is 79.1 Å². The van der Waals surface area contributed by atoms with E-state index >= 15 is 0 Å². The number of hydrogen-bond acceptors (Lipinski definition) is 4. The fourth-order valence-corrected chi connectivity index (χ4v) is 3.52. The first-order chi connectivity index (χ1) is 11.0. The van der Waals surface area contributed by atoms with Crippen molar-refractivity contribution in [2.45, 2.75) is 32.9 Å². The fraction of sp³-hybridized carbons (Fsp3) is 0.684. The summed E-state index contributed by atoms with van der Waals surface area (Å²) in [6, 6.07) is 10.3. The maximum absolute atomic E-state index is 3.55. The summed E-state index contributed by atoms with van der Waals surface area (Å²) in [6.45, 7) is 13.2. The zero-order valence-corrected chi connectivity index (χ0v) is 15.5. The predicted molar refractivity (Wildman–Crippen MR) is 100 cm³/mol. The Balaban J connectivity index is 2.18. The van der Waals surface area contributed by atoms with Crippen LogP contribution < -0.4 is 10.2 Å². The van der Waals surface area contributed by atoms with Crippen LogP contribution in [0.1, 0.15) is 32.4 Å². The summed E-state index contributed by atoms with van der Waals surface area (Å²) in [7, 11) is 4.34. The van der Waals surface area contributed by atoms with Gasteiger partial charge in [-0.05, 0) is 52.6 Å². The monoisotopic (exact) mass is 318 g/mol. The molecule has 1 aromatic rings. The van der Waals surface area contributed by atoms with E-state index in [9.17, 15) is 0 Å². The topological polar surface area (TPSA) is 21.8 Å². The molecule has 1 heterocycles. The van der Waals surface area contributed by atoms with Crippen molar-refractivity contribution in [3.63, 3.8) is 0 Å². The van der Waals surface area contributed by atoms with E-state index in [4.69, 9.17) is 0 Å². The summed E-state index contributed by atoms with van der Waals surface area (Å²) >= 11 is 0. The summed E-state index contributed by atoms with van der Waals surface area (Å²) in [5.74, 6) is 0. The highest BCUT2D eigenvalue weighted by atomic mass is 15.2. The van der Waals surface area contributed by atoms with Crippen molar-refractivity contribution in [1.82, 2.24) is 15.1 Å². The van der Waals surface area contributed by atoms with Gasteiger partial charge in [0.2, 0.25) is 0 Å². The number of nitrogens with one attached hydrogen (secondary N) is 1. The molecule has 1 N–H and O–H groups in total. The molecule has 0 radical (unpaired) electrons. The summed E-state index contributed by atoms with van der Waals surface area (Å²) in [6.07, 6.45) is 0. The SMILES string of the molecule is CCN(CC)c1ccc(C(CN(C)C)N2CCNC(C)C2)cc1. The lowest BCUT2D eigenvalue weighted by Crippen LogP contribution is -2.51. The molecule has 130 valence electrons. The van der Waals surface area contributed by atoms with Crippen molar-refractivity contribution >= 4 is 5.69 Å². The van der Waals surface area contributed by atoms with Gasteiger partial charge in [0.15, 0.2) is 0 Å². The second-order valence-corrected chi connectivity index (χ2v) is 6.89. The number of likely N-dealkylation sites (N-methyl/N-ethyl adjacent to an activating group) is 1. The molecule has 1 aliphatic heterocycles. The molecule has 0 aliphatic carbocycles. The van der Waals surface area contributed by atoms with Crippen molar-refractivity contribution in [3.05, 3.63) is 29.8 Å². The van der Waals surface area contributed by atoms with Gasteiger partial charge in [0, 0.05) is 57.0 Å². The molecule has 0 bridgehead atoms. The molecule has 0 saturated carbocycles. The van der Waals surface area contributed by atoms with E-state index in [-0.39, 0.29) is 0 Å². The summed E-state index contributed by atoms with van der Waals surface area (Å²) < 4.78 is 0. The molecule has 2 unspecified atom stereocenters. The van der Waals surface area contributed by atoms with E-state index in [1.54, 1.807) is 0 Å². The largest absolute Gasteiger partial charge is 0.372 e. The molecule has 4 heteroatoms. The van der Waals surface area contributed by atoms with Gasteiger partial charge in [-0.2, -0.15) is 0 Å². The molecule has 2 rings (SSSR count). The third-order valence-corrected chi connectivity index (χ3v) is 4.79. The molecule has 1 saturated heterocycles. The van der Waals surface area contributed by atoms with Crippen molar-refractivity contribution < 1.29 is 0 Å². The first-order valence-electron chi connectivity index (χ1n) is 9.02. The van der Waals surface area contributed by atoms with Crippen LogP contribution in [-0.4, -0.2) is 69.2 Å². The number of rotatable bonds is 7. The number of nitrogens with zero attached hydrogens (tertiary/aromatic N) is 3. The van der Waals surface area contributed by atoms with Crippen molar-refractivity contribution in [3.8, 4) is 0 Å². The van der Waals surface area contributed by atoms with E-state index in [0.29, 0.717) is 12.1 Å². The molecule has 0 amide bonds. The molecule has 4 nitrogen and oxygen atoms in total. The van der Waals surface area contributed by atoms with Crippen molar-refractivity contribution in [1.29, 1.82) is 0 Å². The normalized spacial score (nSPS) is 20.7. The van der Waals surface area contributed by atoms with E-state index in [1.165, 1.54) is 11.3 Å². The Morgan fingerprint density at radius 3 is 2.35 bits per heavy atom. The van der Waals surface area contributed by atoms with Gasteiger partial charge in [-0.3, -0.25) is 4.90 Å². The van der Waals surface area contributed by atoms with Crippen LogP contribution in [0.5, 0.6) is 0 Å². The number of anilines is 1. The Bertz CT molecular complexity index is 453. The third kappa shape index (κ3) is 4.93. The lowest BCUT2D eigenvalue weighted by atomic mass is 10.0. The first kappa shape index (κ1) is 18.2. The number of piperazine rings is 1. The zero-order valence-electron chi connectivity index (χ0n) is 15.5. The Hall–Kier alpha value is -1.10. The average Bonchev–Trinajstić information content (AvgIpc) is 2.54. The van der Waals surface area contributed by atoms with E-state index in [1.807, 2.05) is 0 Å². The minimum absolute atomic E-state index is 0.473. The minimum Gasteiger partial charge on any atom is -0.372 e. The van der Waals surface area contributed by atoms with Gasteiger partial charge in [0.05, 0.1) is 0 Å². The Labute approximate surface area is 142 Å². The summed E-state index contributed by atoms with van der Waals surface area (Å²) in [5.41, 5.74) is 2.76. The highest BCUT2D eigenvalue weighted by Crippen LogP contribution is 2.25. The lowest BCUT2D eigenvalue weighted by molar-refractivity contribution is 0.125. The quantitative estimate of drug-likeness (QED) is 0.833. The molecule has 1 fully saturated rings. The maximum Gasteiger partial charge on any atom is 0.0476 e. The van der Waals surface area contributed by atoms with Gasteiger partial charge in [0.25, 0.3) is 0 Å². The van der Waals surface area contributed by atoms with Gasteiger partial charge >= 0.3 is 0 Å². The lowest BCUT2D eigenvalue weighted by Gasteiger charge is -2.39. The highest BCUT2D eigenvalue weighted by molar-refractivity contribution is 5.47. The maximum atomic E-state index is 3.55. The standard InChI is InChI=1S/C19H34N4/c1-6-22(7-2)18-10-8-17(9-11-18)19(15-21(4)5)23-13-12-20-16(3)14-23/h8-11,16,19-20H,6-7,12-15H2,1-5H3. The zero-order chi connectivity index (χ0) is 16.8. The van der Waals surface area contributed by atoms with Crippen molar-refractivity contribution in [2.75, 3.05) is 58.3 Å². The van der Waals surface area contributed by atoms with Crippen LogP contribution in [0.15, 0.2) is 24.3 Å². The summed E-state index contributed by atoms with van der Waals surface area (Å²) in [5, 5.41) is 3.55.